The van der Waals surface area contributed by atoms with E-state index in [0.717, 1.165) is 4.31 Å². The molecule has 1 atom stereocenters. The number of carbonyl (C=O) groups excluding carboxylic acids is 2. The van der Waals surface area contributed by atoms with Crippen molar-refractivity contribution in [2.24, 2.45) is 0 Å². The normalized spacial score (nSPS) is 12.1. The summed E-state index contributed by atoms with van der Waals surface area (Å²) < 4.78 is 30.5. The Morgan fingerprint density at radius 2 is 1.79 bits per heavy atom. The maximum Gasteiger partial charge on any atom is 0.338 e. The summed E-state index contributed by atoms with van der Waals surface area (Å²) in [6.07, 6.45) is -1.11. The van der Waals surface area contributed by atoms with Gasteiger partial charge in [-0.25, -0.2) is 17.5 Å². The highest BCUT2D eigenvalue weighted by Gasteiger charge is 2.21. The van der Waals surface area contributed by atoms with Crippen molar-refractivity contribution in [3.8, 4) is 6.07 Å². The van der Waals surface area contributed by atoms with Crippen molar-refractivity contribution in [1.82, 2.24) is 4.31 Å². The van der Waals surface area contributed by atoms with E-state index in [-0.39, 0.29) is 16.1 Å². The van der Waals surface area contributed by atoms with E-state index in [0.29, 0.717) is 5.56 Å². The van der Waals surface area contributed by atoms with E-state index < -0.39 is 28.0 Å². The lowest BCUT2D eigenvalue weighted by atomic mass is 10.1. The zero-order chi connectivity index (χ0) is 20.9. The first-order chi connectivity index (χ1) is 13.1. The fraction of sp³-hybridized carbons (Fsp3) is 0.211. The summed E-state index contributed by atoms with van der Waals surface area (Å²) in [4.78, 5) is 24.4. The molecule has 0 unspecified atom stereocenters. The summed E-state index contributed by atoms with van der Waals surface area (Å²) >= 11 is 0. The second kappa shape index (κ2) is 8.65. The van der Waals surface area contributed by atoms with Gasteiger partial charge in [-0.15, -0.1) is 0 Å². The number of anilines is 1. The molecule has 1 amide bonds. The standard InChI is InChI=1S/C19H19N3O5S/c1-13(27-19(24)15-9-7-14(12-20)8-10-15)18(23)21-16-5-4-6-17(11-16)28(25,26)22(2)3/h4-11,13H,1-3H3,(H,21,23)/t13-/m0/s1. The lowest BCUT2D eigenvalue weighted by Crippen LogP contribution is -2.30. The molecule has 1 N–H and O–H groups in total. The highest BCUT2D eigenvalue weighted by atomic mass is 32.2. The lowest BCUT2D eigenvalue weighted by Gasteiger charge is -2.15. The van der Waals surface area contributed by atoms with Crippen molar-refractivity contribution in [2.75, 3.05) is 19.4 Å². The Kier molecular flexibility index (Phi) is 6.51. The fourth-order valence-corrected chi connectivity index (χ4v) is 3.10. The van der Waals surface area contributed by atoms with Crippen molar-refractivity contribution in [3.63, 3.8) is 0 Å². The number of amides is 1. The number of sulfonamides is 1. The molecule has 0 aliphatic heterocycles. The summed E-state index contributed by atoms with van der Waals surface area (Å²) in [5.74, 6) is -1.32. The summed E-state index contributed by atoms with van der Waals surface area (Å²) in [6, 6.07) is 13.5. The van der Waals surface area contributed by atoms with Crippen LogP contribution in [0.25, 0.3) is 0 Å². The van der Waals surface area contributed by atoms with Gasteiger partial charge in [0.25, 0.3) is 5.91 Å². The second-order valence-corrected chi connectivity index (χ2v) is 8.19. The first-order valence-corrected chi connectivity index (χ1v) is 9.63. The minimum absolute atomic E-state index is 0.0255. The molecule has 2 aromatic rings. The van der Waals surface area contributed by atoms with Crippen LogP contribution in [0.2, 0.25) is 0 Å². The third-order valence-corrected chi connectivity index (χ3v) is 5.59. The number of carbonyl (C=O) groups is 2. The molecule has 0 aromatic heterocycles. The first kappa shape index (κ1) is 21.1. The SMILES string of the molecule is C[C@H](OC(=O)c1ccc(C#N)cc1)C(=O)Nc1cccc(S(=O)(=O)N(C)C)c1. The van der Waals surface area contributed by atoms with Crippen LogP contribution >= 0.6 is 0 Å². The monoisotopic (exact) mass is 401 g/mol. The topological polar surface area (TPSA) is 117 Å². The molecule has 0 bridgehead atoms. The Hall–Kier alpha value is -3.22. The van der Waals surface area contributed by atoms with Gasteiger partial charge in [-0.2, -0.15) is 5.26 Å². The van der Waals surface area contributed by atoms with E-state index in [1.807, 2.05) is 6.07 Å². The van der Waals surface area contributed by atoms with Gasteiger partial charge in [-0.3, -0.25) is 4.79 Å². The summed E-state index contributed by atoms with van der Waals surface area (Å²) in [5, 5.41) is 11.3. The quantitative estimate of drug-likeness (QED) is 0.740. The maximum atomic E-state index is 12.3. The number of ether oxygens (including phenoxy) is 1. The summed E-state index contributed by atoms with van der Waals surface area (Å²) in [7, 11) is -0.826. The molecule has 8 nitrogen and oxygen atoms in total. The molecular formula is C19H19N3O5S. The number of nitrogens with zero attached hydrogens (tertiary/aromatic N) is 2. The molecule has 0 saturated heterocycles. The highest BCUT2D eigenvalue weighted by molar-refractivity contribution is 7.89. The van der Waals surface area contributed by atoms with E-state index in [9.17, 15) is 18.0 Å². The van der Waals surface area contributed by atoms with Crippen molar-refractivity contribution in [1.29, 1.82) is 5.26 Å². The average Bonchev–Trinajstić information content (AvgIpc) is 2.68. The molecule has 146 valence electrons. The Morgan fingerprint density at radius 1 is 1.14 bits per heavy atom. The van der Waals surface area contributed by atoms with Crippen LogP contribution in [0.5, 0.6) is 0 Å². The number of rotatable bonds is 6. The Bertz CT molecular complexity index is 1020. The highest BCUT2D eigenvalue weighted by Crippen LogP contribution is 2.18. The van der Waals surface area contributed by atoms with Crippen LogP contribution in [-0.2, 0) is 19.6 Å². The second-order valence-electron chi connectivity index (χ2n) is 6.04. The van der Waals surface area contributed by atoms with E-state index in [1.165, 1.54) is 69.6 Å². The maximum absolute atomic E-state index is 12.3. The van der Waals surface area contributed by atoms with Crippen LogP contribution in [0, 0.1) is 11.3 Å². The molecule has 0 aliphatic carbocycles. The number of hydrogen-bond acceptors (Lipinski definition) is 6. The van der Waals surface area contributed by atoms with Gasteiger partial charge in [0, 0.05) is 19.8 Å². The largest absolute Gasteiger partial charge is 0.449 e. The number of hydrogen-bond donors (Lipinski definition) is 1. The minimum Gasteiger partial charge on any atom is -0.449 e. The van der Waals surface area contributed by atoms with Crippen LogP contribution in [-0.4, -0.2) is 44.8 Å². The van der Waals surface area contributed by atoms with E-state index >= 15 is 0 Å². The van der Waals surface area contributed by atoms with Crippen molar-refractivity contribution < 1.29 is 22.7 Å². The third kappa shape index (κ3) is 4.94. The van der Waals surface area contributed by atoms with Gasteiger partial charge < -0.3 is 10.1 Å². The zero-order valence-corrected chi connectivity index (χ0v) is 16.4. The van der Waals surface area contributed by atoms with Gasteiger partial charge in [0.2, 0.25) is 10.0 Å². The molecule has 9 heteroatoms. The van der Waals surface area contributed by atoms with E-state index in [4.69, 9.17) is 10.00 Å². The molecular weight excluding hydrogens is 382 g/mol. The number of esters is 1. The van der Waals surface area contributed by atoms with Crippen LogP contribution in [0.3, 0.4) is 0 Å². The number of nitrogens with one attached hydrogen (secondary N) is 1. The number of nitriles is 1. The van der Waals surface area contributed by atoms with Gasteiger partial charge in [0.05, 0.1) is 22.1 Å². The minimum atomic E-state index is -3.64. The van der Waals surface area contributed by atoms with Gasteiger partial charge in [-0.1, -0.05) is 6.07 Å². The molecule has 0 heterocycles. The van der Waals surface area contributed by atoms with Gasteiger partial charge >= 0.3 is 5.97 Å². The molecule has 0 saturated carbocycles. The van der Waals surface area contributed by atoms with Crippen LogP contribution in [0.15, 0.2) is 53.4 Å². The van der Waals surface area contributed by atoms with Crippen molar-refractivity contribution >= 4 is 27.6 Å². The molecule has 0 radical (unpaired) electrons. The fourth-order valence-electron chi connectivity index (χ4n) is 2.15. The van der Waals surface area contributed by atoms with Gasteiger partial charge in [0.1, 0.15) is 0 Å². The zero-order valence-electron chi connectivity index (χ0n) is 15.5. The molecule has 28 heavy (non-hydrogen) atoms. The van der Waals surface area contributed by atoms with E-state index in [1.54, 1.807) is 0 Å². The van der Waals surface area contributed by atoms with Crippen LogP contribution in [0.1, 0.15) is 22.8 Å². The number of benzene rings is 2. The average molecular weight is 401 g/mol. The summed E-state index contributed by atoms with van der Waals surface area (Å²) in [5.41, 5.74) is 0.863. The van der Waals surface area contributed by atoms with Gasteiger partial charge in [0.15, 0.2) is 6.10 Å². The Labute approximate surface area is 163 Å². The molecule has 0 aliphatic rings. The van der Waals surface area contributed by atoms with E-state index in [2.05, 4.69) is 5.32 Å². The molecule has 2 aromatic carbocycles. The third-order valence-electron chi connectivity index (χ3n) is 3.78. The molecule has 0 spiro atoms. The van der Waals surface area contributed by atoms with Gasteiger partial charge in [-0.05, 0) is 49.4 Å². The van der Waals surface area contributed by atoms with Crippen molar-refractivity contribution in [2.45, 2.75) is 17.9 Å². The molecule has 0 fully saturated rings. The Balaban J connectivity index is 2.06. The predicted molar refractivity (Wildman–Crippen MR) is 102 cm³/mol. The smallest absolute Gasteiger partial charge is 0.338 e. The van der Waals surface area contributed by atoms with Crippen molar-refractivity contribution in [3.05, 3.63) is 59.7 Å². The summed E-state index contributed by atoms with van der Waals surface area (Å²) in [6.45, 7) is 1.40. The predicted octanol–water partition coefficient (Wildman–Crippen LogP) is 1.99. The first-order valence-electron chi connectivity index (χ1n) is 8.19. The van der Waals surface area contributed by atoms with Crippen LogP contribution in [0.4, 0.5) is 5.69 Å². The van der Waals surface area contributed by atoms with Crippen LogP contribution < -0.4 is 5.32 Å². The lowest BCUT2D eigenvalue weighted by molar-refractivity contribution is -0.123. The Morgan fingerprint density at radius 3 is 2.36 bits per heavy atom. The molecule has 2 rings (SSSR count).